The monoisotopic (exact) mass is 402 g/mol. The topological polar surface area (TPSA) is 83.0 Å². The second kappa shape index (κ2) is 7.75. The number of carbonyl (C=O) groups excluding carboxylic acids is 3. The molecule has 2 aliphatic heterocycles. The molecule has 8 nitrogen and oxygen atoms in total. The standard InChI is InChI=1S/C19H22N4O4S/c1-2-27-13-4-3-5-14-18(13)20-19(28-14)22-10-8-21(9-11-22)17(26)12-23-15(24)6-7-16(23)25/h3-5H,2,6-12H2,1H3. The van der Waals surface area contributed by atoms with Gasteiger partial charge in [-0.3, -0.25) is 19.3 Å². The Hall–Kier alpha value is -2.68. The lowest BCUT2D eigenvalue weighted by atomic mass is 10.3. The molecule has 4 rings (SSSR count). The van der Waals surface area contributed by atoms with Crippen LogP contribution >= 0.6 is 11.3 Å². The number of ether oxygens (including phenoxy) is 1. The Morgan fingerprint density at radius 2 is 1.86 bits per heavy atom. The molecule has 3 amide bonds. The van der Waals surface area contributed by atoms with Crippen LogP contribution < -0.4 is 9.64 Å². The maximum absolute atomic E-state index is 12.5. The maximum Gasteiger partial charge on any atom is 0.242 e. The molecule has 0 aliphatic carbocycles. The van der Waals surface area contributed by atoms with Crippen LogP contribution in [0.1, 0.15) is 19.8 Å². The molecule has 148 valence electrons. The number of nitrogens with zero attached hydrogens (tertiary/aromatic N) is 4. The number of anilines is 1. The van der Waals surface area contributed by atoms with Crippen LogP contribution in [0.2, 0.25) is 0 Å². The van der Waals surface area contributed by atoms with Crippen LogP contribution in [0.5, 0.6) is 5.75 Å². The van der Waals surface area contributed by atoms with Crippen molar-refractivity contribution >= 4 is 44.4 Å². The van der Waals surface area contributed by atoms with Gasteiger partial charge in [-0.1, -0.05) is 17.4 Å². The molecule has 0 spiro atoms. The molecular weight excluding hydrogens is 380 g/mol. The van der Waals surface area contributed by atoms with E-state index < -0.39 is 0 Å². The van der Waals surface area contributed by atoms with E-state index in [2.05, 4.69) is 4.90 Å². The zero-order chi connectivity index (χ0) is 19.7. The number of likely N-dealkylation sites (tertiary alicyclic amines) is 1. The van der Waals surface area contributed by atoms with Crippen molar-refractivity contribution in [1.82, 2.24) is 14.8 Å². The van der Waals surface area contributed by atoms with Crippen molar-refractivity contribution in [3.8, 4) is 5.75 Å². The predicted molar refractivity (Wildman–Crippen MR) is 106 cm³/mol. The molecule has 0 atom stereocenters. The fourth-order valence-electron chi connectivity index (χ4n) is 3.50. The summed E-state index contributed by atoms with van der Waals surface area (Å²) in [6, 6.07) is 5.92. The van der Waals surface area contributed by atoms with Gasteiger partial charge in [-0.2, -0.15) is 0 Å². The Kier molecular flexibility index (Phi) is 5.17. The van der Waals surface area contributed by atoms with Gasteiger partial charge < -0.3 is 14.5 Å². The van der Waals surface area contributed by atoms with Gasteiger partial charge in [-0.15, -0.1) is 0 Å². The molecule has 0 saturated carbocycles. The van der Waals surface area contributed by atoms with Crippen molar-refractivity contribution in [1.29, 1.82) is 0 Å². The first-order valence-corrected chi connectivity index (χ1v) is 10.3. The van der Waals surface area contributed by atoms with Gasteiger partial charge >= 0.3 is 0 Å². The number of para-hydroxylation sites is 1. The number of benzene rings is 1. The average molecular weight is 402 g/mol. The van der Waals surface area contributed by atoms with Gasteiger partial charge in [0.15, 0.2) is 5.13 Å². The first-order valence-electron chi connectivity index (χ1n) is 9.45. The molecular formula is C19H22N4O4S. The molecule has 0 radical (unpaired) electrons. The smallest absolute Gasteiger partial charge is 0.242 e. The molecule has 0 bridgehead atoms. The molecule has 2 aromatic rings. The molecule has 2 aliphatic rings. The van der Waals surface area contributed by atoms with E-state index in [1.54, 1.807) is 16.2 Å². The van der Waals surface area contributed by atoms with Crippen molar-refractivity contribution in [2.24, 2.45) is 0 Å². The number of aromatic nitrogens is 1. The summed E-state index contributed by atoms with van der Waals surface area (Å²) in [5.41, 5.74) is 0.869. The fraction of sp³-hybridized carbons (Fsp3) is 0.474. The van der Waals surface area contributed by atoms with E-state index in [4.69, 9.17) is 9.72 Å². The highest BCUT2D eigenvalue weighted by molar-refractivity contribution is 7.22. The summed E-state index contributed by atoms with van der Waals surface area (Å²) in [6.07, 6.45) is 0.419. The lowest BCUT2D eigenvalue weighted by Crippen LogP contribution is -2.51. The number of fused-ring (bicyclic) bond motifs is 1. The first kappa shape index (κ1) is 18.7. The van der Waals surface area contributed by atoms with Gasteiger partial charge in [0.25, 0.3) is 0 Å². The zero-order valence-corrected chi connectivity index (χ0v) is 16.5. The van der Waals surface area contributed by atoms with E-state index in [0.29, 0.717) is 32.8 Å². The van der Waals surface area contributed by atoms with Crippen LogP contribution in [0.25, 0.3) is 10.2 Å². The highest BCUT2D eigenvalue weighted by Gasteiger charge is 2.32. The molecule has 0 unspecified atom stereocenters. The second-order valence-corrected chi connectivity index (χ2v) is 7.78. The minimum absolute atomic E-state index is 0.142. The number of thiazole rings is 1. The Labute approximate surface area is 166 Å². The summed E-state index contributed by atoms with van der Waals surface area (Å²) < 4.78 is 6.74. The Balaban J connectivity index is 1.39. The molecule has 1 aromatic carbocycles. The molecule has 3 heterocycles. The molecule has 0 N–H and O–H groups in total. The third-order valence-corrected chi connectivity index (χ3v) is 6.10. The summed E-state index contributed by atoms with van der Waals surface area (Å²) in [5.74, 6) is 0.107. The van der Waals surface area contributed by atoms with Gasteiger partial charge in [0, 0.05) is 39.0 Å². The highest BCUT2D eigenvalue weighted by Crippen LogP contribution is 2.34. The molecule has 9 heteroatoms. The van der Waals surface area contributed by atoms with Crippen LogP contribution in [0.3, 0.4) is 0 Å². The zero-order valence-electron chi connectivity index (χ0n) is 15.7. The van der Waals surface area contributed by atoms with Gasteiger partial charge in [-0.25, -0.2) is 4.98 Å². The largest absolute Gasteiger partial charge is 0.492 e. The molecule has 1 aromatic heterocycles. The van der Waals surface area contributed by atoms with E-state index in [1.807, 2.05) is 25.1 Å². The quantitative estimate of drug-likeness (QED) is 0.705. The Morgan fingerprint density at radius 1 is 1.14 bits per heavy atom. The van der Waals surface area contributed by atoms with E-state index in [0.717, 1.165) is 26.0 Å². The highest BCUT2D eigenvalue weighted by atomic mass is 32.1. The van der Waals surface area contributed by atoms with Gasteiger partial charge in [0.05, 0.1) is 11.3 Å². The summed E-state index contributed by atoms with van der Waals surface area (Å²) in [5, 5.41) is 0.916. The number of rotatable bonds is 5. The Bertz CT molecular complexity index is 904. The number of imide groups is 1. The summed E-state index contributed by atoms with van der Waals surface area (Å²) in [6.45, 7) is 4.82. The lowest BCUT2D eigenvalue weighted by molar-refractivity contribution is -0.145. The predicted octanol–water partition coefficient (Wildman–Crippen LogP) is 1.49. The van der Waals surface area contributed by atoms with Crippen LogP contribution in [-0.2, 0) is 14.4 Å². The van der Waals surface area contributed by atoms with Crippen molar-refractivity contribution in [3.05, 3.63) is 18.2 Å². The second-order valence-electron chi connectivity index (χ2n) is 6.77. The summed E-state index contributed by atoms with van der Waals surface area (Å²) in [7, 11) is 0. The number of amides is 3. The van der Waals surface area contributed by atoms with Crippen molar-refractivity contribution in [2.45, 2.75) is 19.8 Å². The van der Waals surface area contributed by atoms with Crippen molar-refractivity contribution in [2.75, 3.05) is 44.2 Å². The van der Waals surface area contributed by atoms with E-state index in [1.165, 1.54) is 0 Å². The third kappa shape index (κ3) is 3.54. The lowest BCUT2D eigenvalue weighted by Gasteiger charge is -2.35. The average Bonchev–Trinajstić information content (AvgIpc) is 3.28. The summed E-state index contributed by atoms with van der Waals surface area (Å²) in [4.78, 5) is 45.6. The minimum Gasteiger partial charge on any atom is -0.492 e. The van der Waals surface area contributed by atoms with Crippen molar-refractivity contribution in [3.63, 3.8) is 0 Å². The molecule has 2 fully saturated rings. The molecule has 28 heavy (non-hydrogen) atoms. The van der Waals surface area contributed by atoms with E-state index in [-0.39, 0.29) is 37.1 Å². The fourth-order valence-corrected chi connectivity index (χ4v) is 4.54. The summed E-state index contributed by atoms with van der Waals surface area (Å²) >= 11 is 1.61. The van der Waals surface area contributed by atoms with E-state index >= 15 is 0 Å². The van der Waals surface area contributed by atoms with Gasteiger partial charge in [-0.05, 0) is 19.1 Å². The number of carbonyl (C=O) groups is 3. The number of piperazine rings is 1. The van der Waals surface area contributed by atoms with Crippen LogP contribution in [0.4, 0.5) is 5.13 Å². The normalized spacial score (nSPS) is 17.7. The number of hydrogen-bond donors (Lipinski definition) is 0. The SMILES string of the molecule is CCOc1cccc2sc(N3CCN(C(=O)CN4C(=O)CCC4=O)CC3)nc12. The Morgan fingerprint density at radius 3 is 2.54 bits per heavy atom. The minimum atomic E-state index is -0.253. The van der Waals surface area contributed by atoms with Crippen LogP contribution in [0.15, 0.2) is 18.2 Å². The van der Waals surface area contributed by atoms with Crippen LogP contribution in [-0.4, -0.2) is 71.8 Å². The van der Waals surface area contributed by atoms with E-state index in [9.17, 15) is 14.4 Å². The molecule has 2 saturated heterocycles. The van der Waals surface area contributed by atoms with Crippen molar-refractivity contribution < 1.29 is 19.1 Å². The van der Waals surface area contributed by atoms with Crippen LogP contribution in [0, 0.1) is 0 Å². The third-order valence-electron chi connectivity index (χ3n) is 5.02. The van der Waals surface area contributed by atoms with Gasteiger partial charge in [0.2, 0.25) is 17.7 Å². The van der Waals surface area contributed by atoms with Gasteiger partial charge in [0.1, 0.15) is 17.8 Å². The first-order chi connectivity index (χ1) is 13.6. The maximum atomic E-state index is 12.5. The number of hydrogen-bond acceptors (Lipinski definition) is 7.